The molecule has 1 fully saturated rings. The molecule has 2 aromatic rings. The third-order valence-corrected chi connectivity index (χ3v) is 6.80. The fraction of sp³-hybridized carbons (Fsp3) is 0.235. The van der Waals surface area contributed by atoms with E-state index in [4.69, 9.17) is 46.4 Å². The van der Waals surface area contributed by atoms with Crippen LogP contribution in [0.3, 0.4) is 0 Å². The molecule has 6 heteroatoms. The van der Waals surface area contributed by atoms with Crippen molar-refractivity contribution >= 4 is 63.9 Å². The molecule has 0 N–H and O–H groups in total. The molecule has 2 aromatic carbocycles. The van der Waals surface area contributed by atoms with Crippen LogP contribution in [0.2, 0.25) is 20.1 Å². The Balaban J connectivity index is 1.87. The average molecular weight is 406 g/mol. The Morgan fingerprint density at radius 1 is 0.739 bits per heavy atom. The number of carbonyl (C=O) groups is 1. The third-order valence-electron chi connectivity index (χ3n) is 3.79. The van der Waals surface area contributed by atoms with E-state index < -0.39 is 0 Å². The third kappa shape index (κ3) is 4.00. The van der Waals surface area contributed by atoms with E-state index in [2.05, 4.69) is 0 Å². The minimum absolute atomic E-state index is 0.0606. The van der Waals surface area contributed by atoms with Crippen LogP contribution in [0.1, 0.15) is 34.5 Å². The minimum atomic E-state index is 0.0606. The number of rotatable bonds is 2. The van der Waals surface area contributed by atoms with Crippen LogP contribution in [-0.4, -0.2) is 5.78 Å². The van der Waals surface area contributed by atoms with Gasteiger partial charge in [0.15, 0.2) is 0 Å². The van der Waals surface area contributed by atoms with Gasteiger partial charge in [0.1, 0.15) is 5.78 Å². The summed E-state index contributed by atoms with van der Waals surface area (Å²) in [7, 11) is 0. The van der Waals surface area contributed by atoms with Gasteiger partial charge in [-0.2, -0.15) is 0 Å². The highest BCUT2D eigenvalue weighted by Gasteiger charge is 2.30. The maximum absolute atomic E-state index is 12.2. The van der Waals surface area contributed by atoms with Crippen LogP contribution < -0.4 is 0 Å². The fourth-order valence-corrected chi connectivity index (χ4v) is 4.79. The first-order valence-corrected chi connectivity index (χ1v) is 9.46. The number of Topliss-reactive ketones (excluding diaryl/α,β-unsaturated/α-hetero) is 1. The number of thioether (sulfide) groups is 1. The van der Waals surface area contributed by atoms with E-state index >= 15 is 0 Å². The van der Waals surface area contributed by atoms with Gasteiger partial charge in [-0.3, -0.25) is 4.79 Å². The maximum Gasteiger partial charge on any atom is 0.135 e. The van der Waals surface area contributed by atoms with E-state index in [-0.39, 0.29) is 16.3 Å². The molecule has 1 heterocycles. The first-order chi connectivity index (χ1) is 10.9. The normalized spacial score (nSPS) is 21.5. The fourth-order valence-electron chi connectivity index (χ4n) is 2.61. The number of benzene rings is 2. The Kier molecular flexibility index (Phi) is 5.49. The standard InChI is InChI=1S/C17H12Cl4OS/c18-12-3-1-9(5-14(12)20)16-7-11(22)8-17(23-16)10-2-4-13(19)15(21)6-10/h1-6,16-17H,7-8H2. The van der Waals surface area contributed by atoms with Gasteiger partial charge >= 0.3 is 0 Å². The second kappa shape index (κ2) is 7.25. The van der Waals surface area contributed by atoms with Crippen molar-refractivity contribution in [3.63, 3.8) is 0 Å². The van der Waals surface area contributed by atoms with E-state index in [0.717, 1.165) is 11.1 Å². The summed E-state index contributed by atoms with van der Waals surface area (Å²) < 4.78 is 0. The molecule has 0 spiro atoms. The Labute approximate surface area is 159 Å². The van der Waals surface area contributed by atoms with E-state index in [1.165, 1.54) is 0 Å². The number of hydrogen-bond donors (Lipinski definition) is 0. The van der Waals surface area contributed by atoms with Gasteiger partial charge in [0.05, 0.1) is 20.1 Å². The second-order valence-electron chi connectivity index (χ2n) is 5.41. The van der Waals surface area contributed by atoms with Crippen molar-refractivity contribution in [2.75, 3.05) is 0 Å². The van der Waals surface area contributed by atoms with Crippen LogP contribution >= 0.6 is 58.2 Å². The Morgan fingerprint density at radius 2 is 1.17 bits per heavy atom. The van der Waals surface area contributed by atoms with E-state index in [0.29, 0.717) is 32.9 Å². The van der Waals surface area contributed by atoms with Crippen molar-refractivity contribution in [3.05, 3.63) is 67.6 Å². The predicted molar refractivity (Wildman–Crippen MR) is 100 cm³/mol. The smallest absolute Gasteiger partial charge is 0.135 e. The highest BCUT2D eigenvalue weighted by molar-refractivity contribution is 7.99. The zero-order valence-electron chi connectivity index (χ0n) is 11.9. The van der Waals surface area contributed by atoms with Crippen LogP contribution in [0.25, 0.3) is 0 Å². The molecule has 2 atom stereocenters. The molecule has 1 saturated heterocycles. The van der Waals surface area contributed by atoms with E-state index in [1.54, 1.807) is 23.9 Å². The molecule has 1 aliphatic heterocycles. The monoisotopic (exact) mass is 404 g/mol. The molecule has 0 aliphatic carbocycles. The van der Waals surface area contributed by atoms with Crippen molar-refractivity contribution in [3.8, 4) is 0 Å². The summed E-state index contributed by atoms with van der Waals surface area (Å²) in [6, 6.07) is 11.1. The van der Waals surface area contributed by atoms with Crippen molar-refractivity contribution < 1.29 is 4.79 Å². The van der Waals surface area contributed by atoms with Crippen LogP contribution in [0.5, 0.6) is 0 Å². The van der Waals surface area contributed by atoms with Crippen molar-refractivity contribution in [1.82, 2.24) is 0 Å². The molecule has 120 valence electrons. The summed E-state index contributed by atoms with van der Waals surface area (Å²) >= 11 is 25.9. The Morgan fingerprint density at radius 3 is 1.57 bits per heavy atom. The summed E-state index contributed by atoms with van der Waals surface area (Å²) in [4.78, 5) is 12.2. The number of carbonyl (C=O) groups excluding carboxylic acids is 1. The SMILES string of the molecule is O=C1CC(c2ccc(Cl)c(Cl)c2)SC(c2ccc(Cl)c(Cl)c2)C1. The largest absolute Gasteiger partial charge is 0.300 e. The molecular weight excluding hydrogens is 394 g/mol. The molecular formula is C17H12Cl4OS. The number of halogens is 4. The van der Waals surface area contributed by atoms with Crippen molar-refractivity contribution in [1.29, 1.82) is 0 Å². The molecule has 0 saturated carbocycles. The van der Waals surface area contributed by atoms with Gasteiger partial charge in [-0.25, -0.2) is 0 Å². The molecule has 0 amide bonds. The molecule has 1 aliphatic rings. The lowest BCUT2D eigenvalue weighted by Crippen LogP contribution is -2.16. The predicted octanol–water partition coefficient (Wildman–Crippen LogP) is 7.18. The topological polar surface area (TPSA) is 17.1 Å². The summed E-state index contributed by atoms with van der Waals surface area (Å²) in [5, 5.41) is 2.17. The lowest BCUT2D eigenvalue weighted by atomic mass is 10.0. The first-order valence-electron chi connectivity index (χ1n) is 7.01. The van der Waals surface area contributed by atoms with Gasteiger partial charge in [0, 0.05) is 23.3 Å². The van der Waals surface area contributed by atoms with Gasteiger partial charge < -0.3 is 0 Å². The van der Waals surface area contributed by atoms with Crippen LogP contribution in [-0.2, 0) is 4.79 Å². The van der Waals surface area contributed by atoms with Crippen molar-refractivity contribution in [2.24, 2.45) is 0 Å². The molecule has 0 radical (unpaired) electrons. The van der Waals surface area contributed by atoms with Gasteiger partial charge in [0.2, 0.25) is 0 Å². The molecule has 0 bridgehead atoms. The van der Waals surface area contributed by atoms with Gasteiger partial charge in [-0.15, -0.1) is 11.8 Å². The van der Waals surface area contributed by atoms with Gasteiger partial charge in [-0.05, 0) is 35.4 Å². The number of hydrogen-bond acceptors (Lipinski definition) is 2. The summed E-state index contributed by atoms with van der Waals surface area (Å²) in [6.07, 6.45) is 1.00. The van der Waals surface area contributed by atoms with Gasteiger partial charge in [-0.1, -0.05) is 58.5 Å². The quantitative estimate of drug-likeness (QED) is 0.526. The minimum Gasteiger partial charge on any atom is -0.300 e. The zero-order valence-corrected chi connectivity index (χ0v) is 15.7. The second-order valence-corrected chi connectivity index (χ2v) is 8.45. The lowest BCUT2D eigenvalue weighted by Gasteiger charge is -2.29. The molecule has 23 heavy (non-hydrogen) atoms. The Bertz CT molecular complexity index is 701. The van der Waals surface area contributed by atoms with Gasteiger partial charge in [0.25, 0.3) is 0 Å². The first kappa shape index (κ1) is 17.4. The van der Waals surface area contributed by atoms with Crippen LogP contribution in [0.4, 0.5) is 0 Å². The summed E-state index contributed by atoms with van der Waals surface area (Å²) in [6.45, 7) is 0. The lowest BCUT2D eigenvalue weighted by molar-refractivity contribution is -0.119. The zero-order chi connectivity index (χ0) is 16.6. The van der Waals surface area contributed by atoms with Crippen LogP contribution in [0.15, 0.2) is 36.4 Å². The molecule has 3 rings (SSSR count). The molecule has 1 nitrogen and oxygen atoms in total. The average Bonchev–Trinajstić information content (AvgIpc) is 2.52. The summed E-state index contributed by atoms with van der Waals surface area (Å²) in [5.41, 5.74) is 2.03. The maximum atomic E-state index is 12.2. The van der Waals surface area contributed by atoms with E-state index in [1.807, 2.05) is 24.3 Å². The number of ketones is 1. The van der Waals surface area contributed by atoms with E-state index in [9.17, 15) is 4.79 Å². The summed E-state index contributed by atoms with van der Waals surface area (Å²) in [5.74, 6) is 0.232. The highest BCUT2D eigenvalue weighted by atomic mass is 35.5. The molecule has 2 unspecified atom stereocenters. The van der Waals surface area contributed by atoms with Crippen LogP contribution in [0, 0.1) is 0 Å². The highest BCUT2D eigenvalue weighted by Crippen LogP contribution is 2.49. The van der Waals surface area contributed by atoms with Crippen molar-refractivity contribution in [2.45, 2.75) is 23.3 Å². The molecule has 0 aromatic heterocycles. The Hall–Kier alpha value is -0.380.